The van der Waals surface area contributed by atoms with Crippen LogP contribution in [0, 0.1) is 13.8 Å². The normalized spacial score (nSPS) is 12.3. The Kier molecular flexibility index (Phi) is 9.22. The van der Waals surface area contributed by atoms with Crippen LogP contribution in [0.2, 0.25) is 5.02 Å². The van der Waals surface area contributed by atoms with Crippen molar-refractivity contribution in [1.82, 2.24) is 0 Å². The van der Waals surface area contributed by atoms with Crippen LogP contribution in [0.1, 0.15) is 73.1 Å². The maximum Gasteiger partial charge on any atom is 0.0431 e. The molecule has 1 atom stereocenters. The molecular weight excluding hydrogens is 340 g/mol. The van der Waals surface area contributed by atoms with E-state index in [0.29, 0.717) is 12.5 Å². The second-order valence-corrected chi connectivity index (χ2v) is 7.94. The molecule has 0 fully saturated rings. The number of aryl methyl sites for hydroxylation is 2. The van der Waals surface area contributed by atoms with Crippen molar-refractivity contribution >= 4 is 11.6 Å². The van der Waals surface area contributed by atoms with Crippen molar-refractivity contribution in [3.05, 3.63) is 69.7 Å². The van der Waals surface area contributed by atoms with Crippen LogP contribution in [0.15, 0.2) is 42.5 Å². The Morgan fingerprint density at radius 3 is 2.27 bits per heavy atom. The van der Waals surface area contributed by atoms with E-state index in [1.807, 2.05) is 6.07 Å². The number of rotatable bonds is 11. The maximum absolute atomic E-state index is 8.86. The molecule has 1 nitrogen and oxygen atoms in total. The van der Waals surface area contributed by atoms with E-state index >= 15 is 0 Å². The summed E-state index contributed by atoms with van der Waals surface area (Å²) in [6.07, 6.45) is 9.40. The number of aliphatic hydroxyl groups excluding tert-OH is 1. The van der Waals surface area contributed by atoms with Crippen LogP contribution in [0.5, 0.6) is 0 Å². The molecule has 26 heavy (non-hydrogen) atoms. The standard InChI is InChI=1S/C24H33ClO/c1-19-13-14-21(16-20(19)2)17-22(23-11-9-12-24(25)18-23)10-7-5-3-4-6-8-15-26/h9,11-14,16,18,22,26H,3-8,10,15,17H2,1-2H3. The molecule has 0 bridgehead atoms. The van der Waals surface area contributed by atoms with E-state index < -0.39 is 0 Å². The van der Waals surface area contributed by atoms with Gasteiger partial charge in [0.05, 0.1) is 0 Å². The summed E-state index contributed by atoms with van der Waals surface area (Å²) in [6.45, 7) is 4.69. The second kappa shape index (κ2) is 11.4. The predicted molar refractivity (Wildman–Crippen MR) is 113 cm³/mol. The predicted octanol–water partition coefficient (Wildman–Crippen LogP) is 7.01. The van der Waals surface area contributed by atoms with Gasteiger partial charge in [-0.2, -0.15) is 0 Å². The summed E-state index contributed by atoms with van der Waals surface area (Å²) >= 11 is 6.25. The van der Waals surface area contributed by atoms with Crippen LogP contribution in [0.25, 0.3) is 0 Å². The lowest BCUT2D eigenvalue weighted by Gasteiger charge is -2.19. The molecule has 0 radical (unpaired) electrons. The zero-order valence-corrected chi connectivity index (χ0v) is 17.1. The first-order valence-electron chi connectivity index (χ1n) is 10.0. The average Bonchev–Trinajstić information content (AvgIpc) is 2.63. The van der Waals surface area contributed by atoms with Gasteiger partial charge in [-0.05, 0) is 73.4 Å². The van der Waals surface area contributed by atoms with Gasteiger partial charge in [-0.1, -0.05) is 74.0 Å². The molecule has 1 N–H and O–H groups in total. The highest BCUT2D eigenvalue weighted by Gasteiger charge is 2.13. The number of halogens is 1. The molecule has 2 aromatic carbocycles. The summed E-state index contributed by atoms with van der Waals surface area (Å²) in [5.74, 6) is 0.522. The Bertz CT molecular complexity index is 665. The first kappa shape index (κ1) is 21.0. The zero-order chi connectivity index (χ0) is 18.8. The lowest BCUT2D eigenvalue weighted by atomic mass is 9.86. The molecule has 0 heterocycles. The van der Waals surface area contributed by atoms with Crippen molar-refractivity contribution in [2.45, 2.75) is 71.1 Å². The van der Waals surface area contributed by atoms with E-state index in [1.54, 1.807) is 0 Å². The fraction of sp³-hybridized carbons (Fsp3) is 0.500. The first-order chi connectivity index (χ1) is 12.6. The molecule has 2 rings (SSSR count). The molecule has 1 unspecified atom stereocenters. The highest BCUT2D eigenvalue weighted by molar-refractivity contribution is 6.30. The van der Waals surface area contributed by atoms with Crippen LogP contribution in [0.4, 0.5) is 0 Å². The van der Waals surface area contributed by atoms with E-state index in [1.165, 1.54) is 54.4 Å². The van der Waals surface area contributed by atoms with Crippen LogP contribution in [-0.4, -0.2) is 11.7 Å². The summed E-state index contributed by atoms with van der Waals surface area (Å²) in [7, 11) is 0. The quantitative estimate of drug-likeness (QED) is 0.420. The van der Waals surface area contributed by atoms with Crippen LogP contribution < -0.4 is 0 Å². The average molecular weight is 373 g/mol. The molecule has 2 heteroatoms. The molecular formula is C24H33ClO. The highest BCUT2D eigenvalue weighted by Crippen LogP contribution is 2.29. The van der Waals surface area contributed by atoms with Gasteiger partial charge in [0.1, 0.15) is 0 Å². The lowest BCUT2D eigenvalue weighted by Crippen LogP contribution is -2.04. The minimum Gasteiger partial charge on any atom is -0.396 e. The number of unbranched alkanes of at least 4 members (excludes halogenated alkanes) is 5. The third-order valence-electron chi connectivity index (χ3n) is 5.33. The molecule has 0 aromatic heterocycles. The van der Waals surface area contributed by atoms with Crippen molar-refractivity contribution in [3.63, 3.8) is 0 Å². The molecule has 0 aliphatic rings. The third-order valence-corrected chi connectivity index (χ3v) is 5.57. The summed E-state index contributed by atoms with van der Waals surface area (Å²) in [5, 5.41) is 9.69. The molecule has 0 aliphatic carbocycles. The number of hydrogen-bond donors (Lipinski definition) is 1. The second-order valence-electron chi connectivity index (χ2n) is 7.51. The SMILES string of the molecule is Cc1ccc(CC(CCCCCCCCO)c2cccc(Cl)c2)cc1C. The fourth-order valence-corrected chi connectivity index (χ4v) is 3.77. The number of aliphatic hydroxyl groups is 1. The number of benzene rings is 2. The van der Waals surface area contributed by atoms with Gasteiger partial charge in [-0.15, -0.1) is 0 Å². The lowest BCUT2D eigenvalue weighted by molar-refractivity contribution is 0.282. The van der Waals surface area contributed by atoms with E-state index in [9.17, 15) is 0 Å². The maximum atomic E-state index is 8.86. The zero-order valence-electron chi connectivity index (χ0n) is 16.3. The van der Waals surface area contributed by atoms with Crippen LogP contribution >= 0.6 is 11.6 Å². The Hall–Kier alpha value is -1.31. The number of hydrogen-bond acceptors (Lipinski definition) is 1. The van der Waals surface area contributed by atoms with E-state index in [0.717, 1.165) is 24.3 Å². The molecule has 0 saturated carbocycles. The van der Waals surface area contributed by atoms with Gasteiger partial charge < -0.3 is 5.11 Å². The first-order valence-corrected chi connectivity index (χ1v) is 10.4. The summed E-state index contributed by atoms with van der Waals surface area (Å²) < 4.78 is 0. The van der Waals surface area contributed by atoms with Crippen molar-refractivity contribution in [2.24, 2.45) is 0 Å². The van der Waals surface area contributed by atoms with E-state index in [2.05, 4.69) is 50.2 Å². The van der Waals surface area contributed by atoms with E-state index in [-0.39, 0.29) is 0 Å². The van der Waals surface area contributed by atoms with Crippen LogP contribution in [0.3, 0.4) is 0 Å². The highest BCUT2D eigenvalue weighted by atomic mass is 35.5. The van der Waals surface area contributed by atoms with Gasteiger partial charge in [0.2, 0.25) is 0 Å². The minimum absolute atomic E-state index is 0.326. The third kappa shape index (κ3) is 7.13. The van der Waals surface area contributed by atoms with Gasteiger partial charge >= 0.3 is 0 Å². The molecule has 0 spiro atoms. The smallest absolute Gasteiger partial charge is 0.0431 e. The fourth-order valence-electron chi connectivity index (χ4n) is 3.57. The Labute approximate surface area is 164 Å². The van der Waals surface area contributed by atoms with Crippen molar-refractivity contribution in [3.8, 4) is 0 Å². The molecule has 0 aliphatic heterocycles. The molecule has 142 valence electrons. The molecule has 0 amide bonds. The van der Waals surface area contributed by atoms with Crippen molar-refractivity contribution in [1.29, 1.82) is 0 Å². The Balaban J connectivity index is 1.96. The van der Waals surface area contributed by atoms with Gasteiger partial charge in [0, 0.05) is 11.6 Å². The van der Waals surface area contributed by atoms with Crippen molar-refractivity contribution < 1.29 is 5.11 Å². The largest absolute Gasteiger partial charge is 0.396 e. The minimum atomic E-state index is 0.326. The molecule has 2 aromatic rings. The molecule has 0 saturated heterocycles. The van der Waals surface area contributed by atoms with Gasteiger partial charge in [0.15, 0.2) is 0 Å². The van der Waals surface area contributed by atoms with Gasteiger partial charge in [0.25, 0.3) is 0 Å². The van der Waals surface area contributed by atoms with Crippen molar-refractivity contribution in [2.75, 3.05) is 6.61 Å². The summed E-state index contributed by atoms with van der Waals surface area (Å²) in [4.78, 5) is 0. The van der Waals surface area contributed by atoms with Gasteiger partial charge in [-0.25, -0.2) is 0 Å². The van der Waals surface area contributed by atoms with E-state index in [4.69, 9.17) is 16.7 Å². The Morgan fingerprint density at radius 2 is 1.58 bits per heavy atom. The summed E-state index contributed by atoms with van der Waals surface area (Å²) in [6, 6.07) is 15.2. The summed E-state index contributed by atoms with van der Waals surface area (Å²) in [5.41, 5.74) is 5.50. The van der Waals surface area contributed by atoms with Crippen LogP contribution in [-0.2, 0) is 6.42 Å². The monoisotopic (exact) mass is 372 g/mol. The van der Waals surface area contributed by atoms with Gasteiger partial charge in [-0.3, -0.25) is 0 Å². The Morgan fingerprint density at radius 1 is 0.846 bits per heavy atom. The topological polar surface area (TPSA) is 20.2 Å².